The van der Waals surface area contributed by atoms with Gasteiger partial charge in [0.1, 0.15) is 11.4 Å². The highest BCUT2D eigenvalue weighted by Crippen LogP contribution is 2.43. The molecule has 0 radical (unpaired) electrons. The minimum atomic E-state index is -1.06. The van der Waals surface area contributed by atoms with Crippen molar-refractivity contribution in [3.63, 3.8) is 0 Å². The zero-order chi connectivity index (χ0) is 20.5. The third kappa shape index (κ3) is 2.96. The van der Waals surface area contributed by atoms with Crippen LogP contribution in [0.4, 0.5) is 17.5 Å². The predicted molar refractivity (Wildman–Crippen MR) is 118 cm³/mol. The third-order valence-corrected chi connectivity index (χ3v) is 8.51. The molecule has 8 heteroatoms. The van der Waals surface area contributed by atoms with Crippen LogP contribution in [-0.4, -0.2) is 62.7 Å². The summed E-state index contributed by atoms with van der Waals surface area (Å²) in [5.74, 6) is 2.04. The number of aliphatic hydroxyl groups excluding tert-OH is 1. The number of piperazine rings is 1. The Morgan fingerprint density at radius 2 is 2.03 bits per heavy atom. The number of rotatable bonds is 5. The monoisotopic (exact) mass is 425 g/mol. The SMILES string of the molecule is Cc1cccc(N2CC3C[C@@H]2CN3c2nc3c(c(NC4(CO)CC4)n2)[S+]([O-])CC3)c1. The second-order valence-electron chi connectivity index (χ2n) is 9.20. The van der Waals surface area contributed by atoms with E-state index in [2.05, 4.69) is 46.3 Å². The average molecular weight is 426 g/mol. The summed E-state index contributed by atoms with van der Waals surface area (Å²) in [5, 5.41) is 13.2. The second-order valence-corrected chi connectivity index (χ2v) is 10.7. The lowest BCUT2D eigenvalue weighted by Gasteiger charge is -2.36. The number of nitrogens with one attached hydrogen (secondary N) is 1. The van der Waals surface area contributed by atoms with Crippen LogP contribution in [0.1, 0.15) is 30.5 Å². The number of hydrogen-bond donors (Lipinski definition) is 2. The van der Waals surface area contributed by atoms with Crippen molar-refractivity contribution in [3.05, 3.63) is 35.5 Å². The fraction of sp³-hybridized carbons (Fsp3) is 0.545. The Bertz CT molecular complexity index is 997. The Balaban J connectivity index is 1.28. The molecule has 1 aromatic carbocycles. The molecule has 2 N–H and O–H groups in total. The van der Waals surface area contributed by atoms with Gasteiger partial charge in [-0.15, -0.1) is 0 Å². The number of nitrogens with zero attached hydrogens (tertiary/aromatic N) is 4. The average Bonchev–Trinajstić information content (AvgIpc) is 3.07. The Morgan fingerprint density at radius 3 is 2.73 bits per heavy atom. The molecule has 3 fully saturated rings. The van der Waals surface area contributed by atoms with Gasteiger partial charge in [0.25, 0.3) is 0 Å². The summed E-state index contributed by atoms with van der Waals surface area (Å²) in [5.41, 5.74) is 3.20. The Hall–Kier alpha value is -2.03. The number of anilines is 3. The van der Waals surface area contributed by atoms with Gasteiger partial charge in [-0.05, 0) is 55.1 Å². The van der Waals surface area contributed by atoms with E-state index < -0.39 is 11.2 Å². The number of aromatic nitrogens is 2. The summed E-state index contributed by atoms with van der Waals surface area (Å²) in [7, 11) is 0. The van der Waals surface area contributed by atoms with Crippen LogP contribution in [0, 0.1) is 6.92 Å². The maximum absolute atomic E-state index is 12.6. The summed E-state index contributed by atoms with van der Waals surface area (Å²) >= 11 is -1.06. The smallest absolute Gasteiger partial charge is 0.228 e. The van der Waals surface area contributed by atoms with E-state index in [9.17, 15) is 9.66 Å². The van der Waals surface area contributed by atoms with Gasteiger partial charge in [-0.3, -0.25) is 0 Å². The number of aliphatic hydroxyl groups is 1. The van der Waals surface area contributed by atoms with Crippen molar-refractivity contribution in [1.29, 1.82) is 0 Å². The molecule has 3 aliphatic heterocycles. The highest BCUT2D eigenvalue weighted by atomic mass is 32.2. The van der Waals surface area contributed by atoms with Gasteiger partial charge in [-0.2, -0.15) is 4.98 Å². The van der Waals surface area contributed by atoms with Gasteiger partial charge >= 0.3 is 0 Å². The van der Waals surface area contributed by atoms with Crippen molar-refractivity contribution in [2.45, 2.75) is 55.1 Å². The first kappa shape index (κ1) is 18.7. The molecule has 1 saturated carbocycles. The van der Waals surface area contributed by atoms with Crippen LogP contribution in [0.5, 0.6) is 0 Å². The molecular weight excluding hydrogens is 398 g/mol. The van der Waals surface area contributed by atoms with Crippen LogP contribution in [0.3, 0.4) is 0 Å². The van der Waals surface area contributed by atoms with Gasteiger partial charge in [-0.25, -0.2) is 4.98 Å². The molecule has 4 aliphatic rings. The molecule has 4 heterocycles. The van der Waals surface area contributed by atoms with Gasteiger partial charge in [0.05, 0.1) is 18.2 Å². The summed E-state index contributed by atoms with van der Waals surface area (Å²) in [6.07, 6.45) is 3.69. The molecule has 30 heavy (non-hydrogen) atoms. The first-order valence-electron chi connectivity index (χ1n) is 10.8. The van der Waals surface area contributed by atoms with Crippen LogP contribution in [0.25, 0.3) is 0 Å². The normalized spacial score (nSPS) is 28.2. The Labute approximate surface area is 179 Å². The van der Waals surface area contributed by atoms with Crippen molar-refractivity contribution >= 4 is 28.6 Å². The highest BCUT2D eigenvalue weighted by molar-refractivity contribution is 7.91. The molecule has 2 bridgehead atoms. The molecule has 3 atom stereocenters. The molecule has 0 spiro atoms. The van der Waals surface area contributed by atoms with Gasteiger partial charge in [0, 0.05) is 31.2 Å². The summed E-state index contributed by atoms with van der Waals surface area (Å²) in [4.78, 5) is 15.3. The lowest BCUT2D eigenvalue weighted by Crippen LogP contribution is -2.47. The highest BCUT2D eigenvalue weighted by Gasteiger charge is 2.47. The van der Waals surface area contributed by atoms with Crippen LogP contribution in [0.2, 0.25) is 0 Å². The van der Waals surface area contributed by atoms with Gasteiger partial charge in [0.15, 0.2) is 5.82 Å². The van der Waals surface area contributed by atoms with Gasteiger partial charge in [-0.1, -0.05) is 12.1 Å². The van der Waals surface area contributed by atoms with E-state index in [0.717, 1.165) is 55.3 Å². The van der Waals surface area contributed by atoms with Gasteiger partial charge in [0.2, 0.25) is 10.8 Å². The molecule has 6 rings (SSSR count). The summed E-state index contributed by atoms with van der Waals surface area (Å²) in [6, 6.07) is 9.58. The van der Waals surface area contributed by atoms with Crippen molar-refractivity contribution in [2.75, 3.05) is 40.6 Å². The molecule has 7 nitrogen and oxygen atoms in total. The van der Waals surface area contributed by atoms with E-state index in [1.165, 1.54) is 11.3 Å². The number of fused-ring (bicyclic) bond motifs is 3. The largest absolute Gasteiger partial charge is 0.611 e. The van der Waals surface area contributed by atoms with Crippen molar-refractivity contribution < 1.29 is 9.66 Å². The first-order valence-corrected chi connectivity index (χ1v) is 12.2. The quantitative estimate of drug-likeness (QED) is 0.707. The molecule has 2 unspecified atom stereocenters. The number of hydrogen-bond acceptors (Lipinski definition) is 7. The van der Waals surface area contributed by atoms with Crippen LogP contribution in [-0.2, 0) is 17.6 Å². The standard InChI is InChI=1S/C22H27N5O2S/c1-14-3-2-4-15(9-14)26-11-17-10-16(26)12-27(17)21-23-18-5-8-30(29)19(18)20(24-21)25-22(13-28)6-7-22/h2-4,9,16-17,28H,5-8,10-13H2,1H3,(H,23,24,25)/t16-,17?,30?/m1/s1. The van der Waals surface area contributed by atoms with Crippen LogP contribution >= 0.6 is 0 Å². The fourth-order valence-corrected chi connectivity index (χ4v) is 6.46. The number of aryl methyl sites for hydroxylation is 2. The predicted octanol–water partition coefficient (Wildman–Crippen LogP) is 1.85. The van der Waals surface area contributed by atoms with Crippen LogP contribution < -0.4 is 15.1 Å². The third-order valence-electron chi connectivity index (χ3n) is 7.05. The second kappa shape index (κ2) is 6.73. The lowest BCUT2D eigenvalue weighted by atomic mass is 10.2. The molecule has 0 amide bonds. The molecular formula is C22H27N5O2S. The van der Waals surface area contributed by atoms with Crippen molar-refractivity contribution in [2.24, 2.45) is 0 Å². The minimum absolute atomic E-state index is 0.0770. The van der Waals surface area contributed by atoms with E-state index in [1.807, 2.05) is 0 Å². The molecule has 2 saturated heterocycles. The van der Waals surface area contributed by atoms with E-state index in [1.54, 1.807) is 0 Å². The fourth-order valence-electron chi connectivity index (χ4n) is 5.16. The molecule has 2 aromatic rings. The van der Waals surface area contributed by atoms with Crippen molar-refractivity contribution in [3.8, 4) is 0 Å². The van der Waals surface area contributed by atoms with Crippen molar-refractivity contribution in [1.82, 2.24) is 9.97 Å². The minimum Gasteiger partial charge on any atom is -0.611 e. The zero-order valence-electron chi connectivity index (χ0n) is 17.2. The Morgan fingerprint density at radius 1 is 1.23 bits per heavy atom. The van der Waals surface area contributed by atoms with E-state index >= 15 is 0 Å². The molecule has 1 aliphatic carbocycles. The molecule has 158 valence electrons. The summed E-state index contributed by atoms with van der Waals surface area (Å²) < 4.78 is 12.6. The lowest BCUT2D eigenvalue weighted by molar-refractivity contribution is 0.265. The number of benzene rings is 1. The van der Waals surface area contributed by atoms with Crippen LogP contribution in [0.15, 0.2) is 29.2 Å². The topological polar surface area (TPSA) is 87.6 Å². The maximum atomic E-state index is 12.6. The maximum Gasteiger partial charge on any atom is 0.228 e. The molecule has 1 aromatic heterocycles. The first-order chi connectivity index (χ1) is 14.5. The van der Waals surface area contributed by atoms with E-state index in [0.29, 0.717) is 23.7 Å². The van der Waals surface area contributed by atoms with Gasteiger partial charge < -0.3 is 24.8 Å². The zero-order valence-corrected chi connectivity index (χ0v) is 18.0. The van der Waals surface area contributed by atoms with E-state index in [4.69, 9.17) is 9.97 Å². The Kier molecular flexibility index (Phi) is 4.20. The van der Waals surface area contributed by atoms with E-state index in [-0.39, 0.29) is 12.1 Å². The summed E-state index contributed by atoms with van der Waals surface area (Å²) in [6.45, 7) is 4.10.